The summed E-state index contributed by atoms with van der Waals surface area (Å²) in [6.45, 7) is 4.53. The van der Waals surface area contributed by atoms with E-state index in [-0.39, 0.29) is 0 Å². The van der Waals surface area contributed by atoms with Crippen LogP contribution in [0.25, 0.3) is 0 Å². The second-order valence-electron chi connectivity index (χ2n) is 5.24. The lowest BCUT2D eigenvalue weighted by Crippen LogP contribution is -2.35. The van der Waals surface area contributed by atoms with Crippen LogP contribution in [0.1, 0.15) is 38.7 Å². The van der Waals surface area contributed by atoms with Crippen LogP contribution in [0.2, 0.25) is 0 Å². The predicted molar refractivity (Wildman–Crippen MR) is 70.2 cm³/mol. The molecule has 1 N–H and O–H groups in total. The van der Waals surface area contributed by atoms with Crippen molar-refractivity contribution >= 4 is 15.9 Å². The van der Waals surface area contributed by atoms with Crippen LogP contribution in [0, 0.1) is 11.8 Å². The summed E-state index contributed by atoms with van der Waals surface area (Å²) in [5.41, 5.74) is 0.460. The first-order valence-corrected chi connectivity index (χ1v) is 6.79. The van der Waals surface area contributed by atoms with Crippen LogP contribution in [-0.2, 0) is 5.60 Å². The largest absolute Gasteiger partial charge is 0.385 e. The summed E-state index contributed by atoms with van der Waals surface area (Å²) in [6.07, 6.45) is 2.89. The number of halogens is 1. The molecule has 1 aliphatic rings. The number of hydrogen-bond acceptors (Lipinski definition) is 1. The van der Waals surface area contributed by atoms with E-state index in [1.54, 1.807) is 0 Å². The first kappa shape index (κ1) is 12.1. The van der Waals surface area contributed by atoms with Crippen molar-refractivity contribution in [3.8, 4) is 0 Å². The molecule has 0 saturated heterocycles. The van der Waals surface area contributed by atoms with E-state index >= 15 is 0 Å². The van der Waals surface area contributed by atoms with E-state index in [4.69, 9.17) is 0 Å². The molecule has 0 unspecified atom stereocenters. The first-order valence-electron chi connectivity index (χ1n) is 6.00. The van der Waals surface area contributed by atoms with Crippen molar-refractivity contribution in [2.24, 2.45) is 11.8 Å². The number of rotatable bonds is 1. The van der Waals surface area contributed by atoms with Gasteiger partial charge >= 0.3 is 0 Å². The van der Waals surface area contributed by atoms with Gasteiger partial charge in [-0.15, -0.1) is 0 Å². The smallest absolute Gasteiger partial charge is 0.0899 e. The van der Waals surface area contributed by atoms with Crippen molar-refractivity contribution in [3.05, 3.63) is 34.3 Å². The van der Waals surface area contributed by atoms with Crippen molar-refractivity contribution < 1.29 is 5.11 Å². The Morgan fingerprint density at radius 1 is 1.19 bits per heavy atom. The third kappa shape index (κ3) is 2.33. The van der Waals surface area contributed by atoms with Crippen LogP contribution < -0.4 is 0 Å². The Kier molecular flexibility index (Phi) is 3.41. The van der Waals surface area contributed by atoms with E-state index in [2.05, 4.69) is 29.8 Å². The van der Waals surface area contributed by atoms with Gasteiger partial charge < -0.3 is 5.11 Å². The van der Waals surface area contributed by atoms with Crippen molar-refractivity contribution in [2.45, 2.75) is 38.7 Å². The number of aliphatic hydroxyl groups is 1. The molecule has 2 rings (SSSR count). The van der Waals surface area contributed by atoms with Crippen LogP contribution in [0.3, 0.4) is 0 Å². The van der Waals surface area contributed by atoms with Crippen molar-refractivity contribution in [3.63, 3.8) is 0 Å². The lowest BCUT2D eigenvalue weighted by molar-refractivity contribution is -0.0336. The fourth-order valence-electron chi connectivity index (χ4n) is 2.61. The Hall–Kier alpha value is -0.340. The van der Waals surface area contributed by atoms with E-state index in [0.717, 1.165) is 35.2 Å². The highest BCUT2D eigenvalue weighted by Gasteiger charge is 2.37. The molecule has 1 fully saturated rings. The lowest BCUT2D eigenvalue weighted by Gasteiger charge is -2.39. The maximum atomic E-state index is 10.7. The minimum atomic E-state index is -0.605. The summed E-state index contributed by atoms with van der Waals surface area (Å²) in [7, 11) is 0. The second kappa shape index (κ2) is 4.50. The fourth-order valence-corrected chi connectivity index (χ4v) is 2.87. The highest BCUT2D eigenvalue weighted by atomic mass is 79.9. The SMILES string of the molecule is C[C@@H]1CC[C@@](O)(c2ccc(Br)cc2)C[C@@H]1C. The number of benzene rings is 1. The molecule has 16 heavy (non-hydrogen) atoms. The normalized spacial score (nSPS) is 35.0. The molecule has 0 aliphatic heterocycles. The molecule has 88 valence electrons. The van der Waals surface area contributed by atoms with Gasteiger partial charge in [0.2, 0.25) is 0 Å². The molecule has 1 aromatic carbocycles. The minimum absolute atomic E-state index is 0.599. The molecule has 0 radical (unpaired) electrons. The van der Waals surface area contributed by atoms with Gasteiger partial charge in [-0.2, -0.15) is 0 Å². The van der Waals surface area contributed by atoms with Crippen LogP contribution in [0.4, 0.5) is 0 Å². The van der Waals surface area contributed by atoms with Crippen molar-refractivity contribution in [1.29, 1.82) is 0 Å². The summed E-state index contributed by atoms with van der Waals surface area (Å²) >= 11 is 3.43. The van der Waals surface area contributed by atoms with Crippen molar-refractivity contribution in [2.75, 3.05) is 0 Å². The molecule has 3 atom stereocenters. The second-order valence-corrected chi connectivity index (χ2v) is 6.15. The average molecular weight is 283 g/mol. The van der Waals surface area contributed by atoms with E-state index < -0.39 is 5.60 Å². The molecule has 1 saturated carbocycles. The van der Waals surface area contributed by atoms with Gasteiger partial charge in [0, 0.05) is 4.47 Å². The lowest BCUT2D eigenvalue weighted by atomic mass is 9.70. The van der Waals surface area contributed by atoms with Crippen LogP contribution in [0.5, 0.6) is 0 Å². The molecule has 2 heteroatoms. The summed E-state index contributed by atoms with van der Waals surface area (Å²) < 4.78 is 1.07. The minimum Gasteiger partial charge on any atom is -0.385 e. The highest BCUT2D eigenvalue weighted by molar-refractivity contribution is 9.10. The van der Waals surface area contributed by atoms with E-state index in [1.807, 2.05) is 24.3 Å². The standard InChI is InChI=1S/C14H19BrO/c1-10-7-8-14(16,9-11(10)2)12-3-5-13(15)6-4-12/h3-6,10-11,16H,7-9H2,1-2H3/t10-,11+,14+/m1/s1. The molecule has 1 aromatic rings. The van der Waals surface area contributed by atoms with Gasteiger partial charge in [0.1, 0.15) is 0 Å². The first-order chi connectivity index (χ1) is 7.51. The average Bonchev–Trinajstić information content (AvgIpc) is 2.25. The fraction of sp³-hybridized carbons (Fsp3) is 0.571. The van der Waals surface area contributed by atoms with E-state index in [9.17, 15) is 5.11 Å². The van der Waals surface area contributed by atoms with E-state index in [1.165, 1.54) is 0 Å². The van der Waals surface area contributed by atoms with Gasteiger partial charge in [-0.25, -0.2) is 0 Å². The Labute approximate surface area is 106 Å². The van der Waals surface area contributed by atoms with Gasteiger partial charge in [0.15, 0.2) is 0 Å². The molecular weight excluding hydrogens is 264 g/mol. The molecule has 1 aliphatic carbocycles. The topological polar surface area (TPSA) is 20.2 Å². The molecular formula is C14H19BrO. The van der Waals surface area contributed by atoms with Gasteiger partial charge in [0.25, 0.3) is 0 Å². The summed E-state index contributed by atoms with van der Waals surface area (Å²) in [6, 6.07) is 8.09. The zero-order valence-corrected chi connectivity index (χ0v) is 11.5. The Morgan fingerprint density at radius 2 is 1.81 bits per heavy atom. The van der Waals surface area contributed by atoms with Crippen molar-refractivity contribution in [1.82, 2.24) is 0 Å². The molecule has 0 heterocycles. The van der Waals surface area contributed by atoms with E-state index in [0.29, 0.717) is 5.92 Å². The molecule has 0 bridgehead atoms. The Balaban J connectivity index is 2.22. The molecule has 0 spiro atoms. The highest BCUT2D eigenvalue weighted by Crippen LogP contribution is 2.42. The van der Waals surface area contributed by atoms with Gasteiger partial charge in [-0.3, -0.25) is 0 Å². The number of hydrogen-bond donors (Lipinski definition) is 1. The monoisotopic (exact) mass is 282 g/mol. The third-order valence-corrected chi connectivity index (χ3v) is 4.55. The maximum absolute atomic E-state index is 10.7. The molecule has 0 aromatic heterocycles. The summed E-state index contributed by atoms with van der Waals surface area (Å²) in [5.74, 6) is 1.33. The third-order valence-electron chi connectivity index (χ3n) is 4.03. The van der Waals surface area contributed by atoms with Gasteiger partial charge in [-0.05, 0) is 48.8 Å². The van der Waals surface area contributed by atoms with Crippen LogP contribution in [0.15, 0.2) is 28.7 Å². The quantitative estimate of drug-likeness (QED) is 0.823. The van der Waals surface area contributed by atoms with Crippen LogP contribution >= 0.6 is 15.9 Å². The maximum Gasteiger partial charge on any atom is 0.0899 e. The Bertz CT molecular complexity index is 360. The zero-order valence-electron chi connectivity index (χ0n) is 9.91. The van der Waals surface area contributed by atoms with Gasteiger partial charge in [0.05, 0.1) is 5.60 Å². The summed E-state index contributed by atoms with van der Waals surface area (Å²) in [4.78, 5) is 0. The van der Waals surface area contributed by atoms with Crippen LogP contribution in [-0.4, -0.2) is 5.11 Å². The predicted octanol–water partition coefficient (Wildman–Crippen LogP) is 4.09. The van der Waals surface area contributed by atoms with Gasteiger partial charge in [-0.1, -0.05) is 41.9 Å². The summed E-state index contributed by atoms with van der Waals surface area (Å²) in [5, 5.41) is 10.7. The Morgan fingerprint density at radius 3 is 2.38 bits per heavy atom. The molecule has 1 nitrogen and oxygen atoms in total. The molecule has 0 amide bonds. The zero-order chi connectivity index (χ0) is 11.8.